The van der Waals surface area contributed by atoms with Crippen LogP contribution < -0.4 is 5.32 Å². The van der Waals surface area contributed by atoms with E-state index < -0.39 is 10.0 Å². The molecule has 29 heavy (non-hydrogen) atoms. The van der Waals surface area contributed by atoms with Crippen LogP contribution in [-0.4, -0.2) is 44.9 Å². The van der Waals surface area contributed by atoms with E-state index in [9.17, 15) is 13.2 Å². The second-order valence-corrected chi connectivity index (χ2v) is 10.7. The van der Waals surface area contributed by atoms with Crippen molar-refractivity contribution in [1.29, 1.82) is 0 Å². The molecule has 1 aliphatic heterocycles. The molecule has 0 atom stereocenters. The summed E-state index contributed by atoms with van der Waals surface area (Å²) in [5, 5.41) is 2.83. The lowest BCUT2D eigenvalue weighted by molar-refractivity contribution is 0.0730. The Kier molecular flexibility index (Phi) is 6.48. The lowest BCUT2D eigenvalue weighted by Gasteiger charge is -2.26. The molecule has 2 aromatic carbocycles. The summed E-state index contributed by atoms with van der Waals surface area (Å²) >= 11 is 3.31. The molecule has 1 saturated heterocycles. The van der Waals surface area contributed by atoms with E-state index in [1.807, 2.05) is 24.3 Å². The molecule has 3 rings (SSSR count). The third-order valence-electron chi connectivity index (χ3n) is 4.79. The molecule has 1 aliphatic rings. The first-order valence-corrected chi connectivity index (χ1v) is 11.6. The number of nitrogens with zero attached hydrogens (tertiary/aromatic N) is 1. The van der Waals surface area contributed by atoms with E-state index in [2.05, 4.69) is 42.0 Å². The molecule has 1 N–H and O–H groups in total. The molecule has 0 aromatic heterocycles. The van der Waals surface area contributed by atoms with Crippen molar-refractivity contribution in [2.24, 2.45) is 0 Å². The highest BCUT2D eigenvalue weighted by molar-refractivity contribution is 9.10. The Morgan fingerprint density at radius 2 is 1.69 bits per heavy atom. The molecule has 6 nitrogen and oxygen atoms in total. The van der Waals surface area contributed by atoms with Gasteiger partial charge in [-0.15, -0.1) is 0 Å². The largest absolute Gasteiger partial charge is 0.379 e. The van der Waals surface area contributed by atoms with E-state index in [0.29, 0.717) is 36.5 Å². The van der Waals surface area contributed by atoms with Gasteiger partial charge in [-0.3, -0.25) is 4.79 Å². The van der Waals surface area contributed by atoms with E-state index in [1.54, 1.807) is 12.1 Å². The zero-order chi connectivity index (χ0) is 21.2. The van der Waals surface area contributed by atoms with Crippen LogP contribution in [0.25, 0.3) is 0 Å². The minimum Gasteiger partial charge on any atom is -0.379 e. The molecule has 0 spiro atoms. The van der Waals surface area contributed by atoms with Crippen molar-refractivity contribution in [1.82, 2.24) is 4.31 Å². The van der Waals surface area contributed by atoms with Gasteiger partial charge in [-0.2, -0.15) is 4.31 Å². The zero-order valence-corrected chi connectivity index (χ0v) is 19.1. The van der Waals surface area contributed by atoms with Crippen LogP contribution in [0.2, 0.25) is 0 Å². The normalized spacial score (nSPS) is 15.9. The number of carbonyl (C=O) groups is 1. The summed E-state index contributed by atoms with van der Waals surface area (Å²) in [6.45, 7) is 7.69. The van der Waals surface area contributed by atoms with Gasteiger partial charge in [0.15, 0.2) is 0 Å². The molecule has 0 radical (unpaired) electrons. The average Bonchev–Trinajstić information content (AvgIpc) is 2.68. The molecule has 156 valence electrons. The minimum atomic E-state index is -3.72. The summed E-state index contributed by atoms with van der Waals surface area (Å²) in [5.41, 5.74) is 2.12. The minimum absolute atomic E-state index is 0.0248. The first kappa shape index (κ1) is 22.0. The number of ether oxygens (including phenoxy) is 1. The number of halogens is 1. The first-order valence-electron chi connectivity index (χ1n) is 9.38. The van der Waals surface area contributed by atoms with Gasteiger partial charge >= 0.3 is 0 Å². The number of amides is 1. The second kappa shape index (κ2) is 8.55. The number of hydrogen-bond acceptors (Lipinski definition) is 4. The number of nitrogens with one attached hydrogen (secondary N) is 1. The maximum absolute atomic E-state index is 13.0. The van der Waals surface area contributed by atoms with Gasteiger partial charge in [0.05, 0.1) is 18.1 Å². The number of carbonyl (C=O) groups excluding carboxylic acids is 1. The first-order chi connectivity index (χ1) is 13.6. The fraction of sp³-hybridized carbons (Fsp3) is 0.381. The lowest BCUT2D eigenvalue weighted by Crippen LogP contribution is -2.40. The van der Waals surface area contributed by atoms with Crippen molar-refractivity contribution >= 4 is 37.5 Å². The number of rotatable bonds is 4. The summed E-state index contributed by atoms with van der Waals surface area (Å²) in [7, 11) is -3.72. The van der Waals surface area contributed by atoms with Gasteiger partial charge < -0.3 is 10.1 Å². The fourth-order valence-corrected chi connectivity index (χ4v) is 5.38. The van der Waals surface area contributed by atoms with Crippen molar-refractivity contribution in [2.45, 2.75) is 31.1 Å². The lowest BCUT2D eigenvalue weighted by atomic mass is 9.87. The van der Waals surface area contributed by atoms with Gasteiger partial charge in [0.2, 0.25) is 10.0 Å². The molecule has 0 unspecified atom stereocenters. The fourth-order valence-electron chi connectivity index (χ4n) is 3.03. The maximum atomic E-state index is 13.0. The van der Waals surface area contributed by atoms with Crippen molar-refractivity contribution in [2.75, 3.05) is 31.6 Å². The summed E-state index contributed by atoms with van der Waals surface area (Å²) < 4.78 is 33.0. The predicted molar refractivity (Wildman–Crippen MR) is 117 cm³/mol. The quantitative estimate of drug-likeness (QED) is 0.716. The van der Waals surface area contributed by atoms with Crippen LogP contribution in [0.5, 0.6) is 0 Å². The Morgan fingerprint density at radius 1 is 1.07 bits per heavy atom. The number of benzene rings is 2. The van der Waals surface area contributed by atoms with Crippen LogP contribution in [0.4, 0.5) is 5.69 Å². The number of hydrogen-bond donors (Lipinski definition) is 1. The van der Waals surface area contributed by atoms with Gasteiger partial charge in [0, 0.05) is 28.8 Å². The third kappa shape index (κ3) is 5.06. The third-order valence-corrected chi connectivity index (χ3v) is 7.68. The van der Waals surface area contributed by atoms with Crippen LogP contribution in [0.1, 0.15) is 36.7 Å². The van der Waals surface area contributed by atoms with Crippen molar-refractivity contribution in [3.63, 3.8) is 0 Å². The Balaban J connectivity index is 1.82. The monoisotopic (exact) mass is 480 g/mol. The van der Waals surface area contributed by atoms with Gasteiger partial charge in [0.1, 0.15) is 0 Å². The van der Waals surface area contributed by atoms with E-state index in [4.69, 9.17) is 4.74 Å². The highest BCUT2D eigenvalue weighted by atomic mass is 79.9. The number of sulfonamides is 1. The van der Waals surface area contributed by atoms with E-state index in [1.165, 1.54) is 10.4 Å². The molecule has 0 bridgehead atoms. The molecular formula is C21H25BrN2O4S. The zero-order valence-electron chi connectivity index (χ0n) is 16.7. The Morgan fingerprint density at radius 3 is 2.28 bits per heavy atom. The van der Waals surface area contributed by atoms with Crippen LogP contribution in [-0.2, 0) is 20.2 Å². The molecule has 1 amide bonds. The second-order valence-electron chi connectivity index (χ2n) is 7.94. The molecule has 2 aromatic rings. The highest BCUT2D eigenvalue weighted by Crippen LogP contribution is 2.28. The average molecular weight is 481 g/mol. The van der Waals surface area contributed by atoms with Gasteiger partial charge in [-0.25, -0.2) is 8.42 Å². The maximum Gasteiger partial charge on any atom is 0.255 e. The van der Waals surface area contributed by atoms with Crippen LogP contribution in [0, 0.1) is 0 Å². The molecule has 1 heterocycles. The topological polar surface area (TPSA) is 75.7 Å². The Bertz CT molecular complexity index is 992. The number of morpholine rings is 1. The summed E-state index contributed by atoms with van der Waals surface area (Å²) in [6.07, 6.45) is 0. The van der Waals surface area contributed by atoms with Crippen LogP contribution in [0.3, 0.4) is 0 Å². The van der Waals surface area contributed by atoms with Crippen LogP contribution >= 0.6 is 15.9 Å². The van der Waals surface area contributed by atoms with E-state index >= 15 is 0 Å². The SMILES string of the molecule is CC(C)(C)c1ccc(NC(=O)c2ccc(Br)c(S(=O)(=O)N3CCOCC3)c2)cc1. The van der Waals surface area contributed by atoms with Gasteiger partial charge in [0.25, 0.3) is 5.91 Å². The summed E-state index contributed by atoms with van der Waals surface area (Å²) in [6, 6.07) is 12.3. The Labute approximate surface area is 180 Å². The van der Waals surface area contributed by atoms with E-state index in [-0.39, 0.29) is 21.8 Å². The van der Waals surface area contributed by atoms with Gasteiger partial charge in [-0.1, -0.05) is 32.9 Å². The molecular weight excluding hydrogens is 456 g/mol. The standard InChI is InChI=1S/C21H25BrN2O4S/c1-21(2,3)16-5-7-17(8-6-16)23-20(25)15-4-9-18(22)19(14-15)29(26,27)24-10-12-28-13-11-24/h4-9,14H,10-13H2,1-3H3,(H,23,25). The smallest absolute Gasteiger partial charge is 0.255 e. The van der Waals surface area contributed by atoms with E-state index in [0.717, 1.165) is 5.56 Å². The van der Waals surface area contributed by atoms with Crippen molar-refractivity contribution in [3.8, 4) is 0 Å². The van der Waals surface area contributed by atoms with Crippen molar-refractivity contribution in [3.05, 3.63) is 58.1 Å². The van der Waals surface area contributed by atoms with Crippen molar-refractivity contribution < 1.29 is 17.9 Å². The summed E-state index contributed by atoms with van der Waals surface area (Å²) in [5.74, 6) is -0.362. The molecule has 0 saturated carbocycles. The predicted octanol–water partition coefficient (Wildman–Crippen LogP) is 4.02. The molecule has 8 heteroatoms. The van der Waals surface area contributed by atoms with Gasteiger partial charge in [-0.05, 0) is 57.2 Å². The highest BCUT2D eigenvalue weighted by Gasteiger charge is 2.29. The summed E-state index contributed by atoms with van der Waals surface area (Å²) in [4.78, 5) is 12.8. The number of anilines is 1. The molecule has 1 fully saturated rings. The Hall–Kier alpha value is -1.74. The van der Waals surface area contributed by atoms with Crippen LogP contribution in [0.15, 0.2) is 51.8 Å². The molecule has 0 aliphatic carbocycles.